The second-order valence-electron chi connectivity index (χ2n) is 4.73. The number of halogens is 1. The molecule has 0 bridgehead atoms. The van der Waals surface area contributed by atoms with Crippen molar-refractivity contribution < 1.29 is 9.72 Å². The van der Waals surface area contributed by atoms with Crippen molar-refractivity contribution in [1.82, 2.24) is 5.32 Å². The second kappa shape index (κ2) is 6.02. The third kappa shape index (κ3) is 3.23. The third-order valence-corrected chi connectivity index (χ3v) is 3.78. The summed E-state index contributed by atoms with van der Waals surface area (Å²) in [5, 5.41) is 13.6. The number of benzene rings is 1. The minimum atomic E-state index is -0.622. The van der Waals surface area contributed by atoms with Crippen LogP contribution in [0.25, 0.3) is 0 Å². The fraction of sp³-hybridized carbons (Fsp3) is 0.462. The SMILES string of the molecule is O=C(NCCC1CCC1)c1cccc(Cl)c1[N+](=O)[O-]. The van der Waals surface area contributed by atoms with Gasteiger partial charge in [-0.1, -0.05) is 36.9 Å². The molecule has 0 heterocycles. The lowest BCUT2D eigenvalue weighted by Gasteiger charge is -2.25. The van der Waals surface area contributed by atoms with E-state index in [4.69, 9.17) is 11.6 Å². The molecule has 1 aromatic carbocycles. The molecule has 1 aliphatic rings. The maximum absolute atomic E-state index is 11.9. The highest BCUT2D eigenvalue weighted by atomic mass is 35.5. The summed E-state index contributed by atoms with van der Waals surface area (Å²) in [6, 6.07) is 4.36. The lowest BCUT2D eigenvalue weighted by molar-refractivity contribution is -0.385. The molecule has 6 heteroatoms. The van der Waals surface area contributed by atoms with Gasteiger partial charge in [-0.05, 0) is 24.5 Å². The molecule has 1 aromatic rings. The molecule has 0 spiro atoms. The van der Waals surface area contributed by atoms with Gasteiger partial charge in [0, 0.05) is 6.54 Å². The zero-order valence-corrected chi connectivity index (χ0v) is 11.2. The number of para-hydroxylation sites is 1. The minimum absolute atomic E-state index is 0.0170. The second-order valence-corrected chi connectivity index (χ2v) is 5.14. The van der Waals surface area contributed by atoms with E-state index in [0.29, 0.717) is 12.5 Å². The van der Waals surface area contributed by atoms with E-state index in [2.05, 4.69) is 5.32 Å². The topological polar surface area (TPSA) is 72.2 Å². The standard InChI is InChI=1S/C13H15ClN2O3/c14-11-6-2-5-10(12(11)16(18)19)13(17)15-8-7-9-3-1-4-9/h2,5-6,9H,1,3-4,7-8H2,(H,15,17). The highest BCUT2D eigenvalue weighted by Crippen LogP contribution is 2.29. The fourth-order valence-corrected chi connectivity index (χ4v) is 2.39. The number of nitrogens with zero attached hydrogens (tertiary/aromatic N) is 1. The predicted octanol–water partition coefficient (Wildman–Crippen LogP) is 3.17. The van der Waals surface area contributed by atoms with E-state index >= 15 is 0 Å². The molecule has 0 saturated heterocycles. The van der Waals surface area contributed by atoms with Gasteiger partial charge in [-0.25, -0.2) is 0 Å². The summed E-state index contributed by atoms with van der Waals surface area (Å²) in [4.78, 5) is 22.2. The quantitative estimate of drug-likeness (QED) is 0.666. The van der Waals surface area contributed by atoms with E-state index in [9.17, 15) is 14.9 Å². The first-order valence-electron chi connectivity index (χ1n) is 6.30. The van der Waals surface area contributed by atoms with Crippen LogP contribution in [-0.2, 0) is 0 Å². The molecular weight excluding hydrogens is 268 g/mol. The Balaban J connectivity index is 2.01. The van der Waals surface area contributed by atoms with Crippen molar-refractivity contribution in [3.05, 3.63) is 38.9 Å². The molecule has 19 heavy (non-hydrogen) atoms. The van der Waals surface area contributed by atoms with Crippen LogP contribution in [0.3, 0.4) is 0 Å². The average molecular weight is 283 g/mol. The van der Waals surface area contributed by atoms with Crippen LogP contribution in [-0.4, -0.2) is 17.4 Å². The Morgan fingerprint density at radius 3 is 2.79 bits per heavy atom. The van der Waals surface area contributed by atoms with Gasteiger partial charge in [0.25, 0.3) is 5.91 Å². The summed E-state index contributed by atoms with van der Waals surface area (Å²) in [7, 11) is 0. The van der Waals surface area contributed by atoms with Crippen LogP contribution in [0, 0.1) is 16.0 Å². The number of nitro benzene ring substituents is 1. The van der Waals surface area contributed by atoms with Gasteiger partial charge in [0.05, 0.1) is 4.92 Å². The first-order chi connectivity index (χ1) is 9.09. The molecule has 1 fully saturated rings. The van der Waals surface area contributed by atoms with Crippen molar-refractivity contribution in [3.8, 4) is 0 Å². The molecule has 1 amide bonds. The number of nitro groups is 1. The molecule has 1 aliphatic carbocycles. The van der Waals surface area contributed by atoms with Crippen LogP contribution in [0.4, 0.5) is 5.69 Å². The van der Waals surface area contributed by atoms with Gasteiger partial charge in [0.1, 0.15) is 10.6 Å². The van der Waals surface area contributed by atoms with E-state index in [0.717, 1.165) is 6.42 Å². The van der Waals surface area contributed by atoms with E-state index in [1.165, 1.54) is 37.5 Å². The molecule has 0 unspecified atom stereocenters. The van der Waals surface area contributed by atoms with Gasteiger partial charge in [-0.3, -0.25) is 14.9 Å². The maximum Gasteiger partial charge on any atom is 0.300 e. The van der Waals surface area contributed by atoms with Crippen molar-refractivity contribution in [2.45, 2.75) is 25.7 Å². The van der Waals surface area contributed by atoms with Crippen LogP contribution < -0.4 is 5.32 Å². The van der Waals surface area contributed by atoms with Crippen molar-refractivity contribution in [2.75, 3.05) is 6.54 Å². The summed E-state index contributed by atoms with van der Waals surface area (Å²) in [5.41, 5.74) is -0.309. The number of rotatable bonds is 5. The Hall–Kier alpha value is -1.62. The van der Waals surface area contributed by atoms with Gasteiger partial charge >= 0.3 is 5.69 Å². The van der Waals surface area contributed by atoms with Gasteiger partial charge in [-0.2, -0.15) is 0 Å². The molecule has 102 valence electrons. The molecule has 1 saturated carbocycles. The van der Waals surface area contributed by atoms with Crippen molar-refractivity contribution in [2.24, 2.45) is 5.92 Å². The average Bonchev–Trinajstić information content (AvgIpc) is 2.31. The van der Waals surface area contributed by atoms with Gasteiger partial charge in [0.15, 0.2) is 0 Å². The Labute approximate surface area is 116 Å². The molecular formula is C13H15ClN2O3. The van der Waals surface area contributed by atoms with Crippen LogP contribution >= 0.6 is 11.6 Å². The summed E-state index contributed by atoms with van der Waals surface area (Å²) in [6.45, 7) is 0.549. The molecule has 0 aliphatic heterocycles. The predicted molar refractivity (Wildman–Crippen MR) is 72.4 cm³/mol. The molecule has 0 radical (unpaired) electrons. The van der Waals surface area contributed by atoms with E-state index < -0.39 is 10.8 Å². The van der Waals surface area contributed by atoms with E-state index in [-0.39, 0.29) is 16.3 Å². The van der Waals surface area contributed by atoms with E-state index in [1.54, 1.807) is 0 Å². The fourth-order valence-electron chi connectivity index (χ4n) is 2.15. The molecule has 2 rings (SSSR count). The zero-order chi connectivity index (χ0) is 13.8. The van der Waals surface area contributed by atoms with Crippen molar-refractivity contribution in [1.29, 1.82) is 0 Å². The zero-order valence-electron chi connectivity index (χ0n) is 10.4. The van der Waals surface area contributed by atoms with E-state index in [1.807, 2.05) is 0 Å². The first kappa shape index (κ1) is 13.8. The maximum atomic E-state index is 11.9. The molecule has 1 N–H and O–H groups in total. The monoisotopic (exact) mass is 282 g/mol. The summed E-state index contributed by atoms with van der Waals surface area (Å²) in [5.74, 6) is 0.253. The number of hydrogen-bond donors (Lipinski definition) is 1. The summed E-state index contributed by atoms with van der Waals surface area (Å²) < 4.78 is 0. The third-order valence-electron chi connectivity index (χ3n) is 3.48. The number of carbonyl (C=O) groups excluding carboxylic acids is 1. The largest absolute Gasteiger partial charge is 0.352 e. The van der Waals surface area contributed by atoms with Crippen LogP contribution in [0.15, 0.2) is 18.2 Å². The van der Waals surface area contributed by atoms with Gasteiger partial charge in [-0.15, -0.1) is 0 Å². The smallest absolute Gasteiger partial charge is 0.300 e. The van der Waals surface area contributed by atoms with Crippen LogP contribution in [0.1, 0.15) is 36.0 Å². The Morgan fingerprint density at radius 1 is 1.47 bits per heavy atom. The molecule has 5 nitrogen and oxygen atoms in total. The van der Waals surface area contributed by atoms with Gasteiger partial charge in [0.2, 0.25) is 0 Å². The number of nitrogens with one attached hydrogen (secondary N) is 1. The highest BCUT2D eigenvalue weighted by Gasteiger charge is 2.24. The molecule has 0 atom stereocenters. The normalized spacial score (nSPS) is 14.8. The lowest BCUT2D eigenvalue weighted by atomic mass is 9.83. The van der Waals surface area contributed by atoms with Crippen molar-refractivity contribution >= 4 is 23.2 Å². The number of carbonyl (C=O) groups is 1. The van der Waals surface area contributed by atoms with Crippen LogP contribution in [0.2, 0.25) is 5.02 Å². The number of hydrogen-bond acceptors (Lipinski definition) is 3. The Kier molecular flexibility index (Phi) is 4.37. The summed E-state index contributed by atoms with van der Waals surface area (Å²) in [6.07, 6.45) is 4.62. The van der Waals surface area contributed by atoms with Gasteiger partial charge < -0.3 is 5.32 Å². The summed E-state index contributed by atoms with van der Waals surface area (Å²) >= 11 is 5.76. The van der Waals surface area contributed by atoms with Crippen molar-refractivity contribution in [3.63, 3.8) is 0 Å². The minimum Gasteiger partial charge on any atom is -0.352 e. The molecule has 0 aromatic heterocycles. The lowest BCUT2D eigenvalue weighted by Crippen LogP contribution is -2.28. The number of amides is 1. The highest BCUT2D eigenvalue weighted by molar-refractivity contribution is 6.33. The Morgan fingerprint density at radius 2 is 2.21 bits per heavy atom. The first-order valence-corrected chi connectivity index (χ1v) is 6.68. The Bertz CT molecular complexity index is 501. The van der Waals surface area contributed by atoms with Crippen LogP contribution in [0.5, 0.6) is 0 Å².